The molecule has 1 amide bonds. The summed E-state index contributed by atoms with van der Waals surface area (Å²) in [6, 6.07) is 8.14. The zero-order valence-electron chi connectivity index (χ0n) is 9.34. The Hall–Kier alpha value is -2.09. The van der Waals surface area contributed by atoms with Crippen LogP contribution in [0.1, 0.15) is 17.2 Å². The van der Waals surface area contributed by atoms with Gasteiger partial charge in [-0.25, -0.2) is 0 Å². The first-order valence-electron chi connectivity index (χ1n) is 5.77. The summed E-state index contributed by atoms with van der Waals surface area (Å²) in [5, 5.41) is 3.05. The number of benzene rings is 1. The summed E-state index contributed by atoms with van der Waals surface area (Å²) in [5.74, 6) is -0.0579. The van der Waals surface area contributed by atoms with Gasteiger partial charge in [0.05, 0.1) is 12.0 Å². The highest BCUT2D eigenvalue weighted by molar-refractivity contribution is 5.84. The summed E-state index contributed by atoms with van der Waals surface area (Å²) in [4.78, 5) is 12.0. The molecule has 1 N–H and O–H groups in total. The Bertz CT molecular complexity index is 528. The lowest BCUT2D eigenvalue weighted by molar-refractivity contribution is -0.122. The van der Waals surface area contributed by atoms with Crippen LogP contribution in [-0.2, 0) is 4.79 Å². The highest BCUT2D eigenvalue weighted by atomic mass is 16.1. The molecule has 0 bridgehead atoms. The minimum absolute atomic E-state index is 0.0149. The molecule has 0 spiro atoms. The quantitative estimate of drug-likeness (QED) is 0.820. The first-order chi connectivity index (χ1) is 8.34. The molecule has 1 aromatic rings. The third-order valence-electron chi connectivity index (χ3n) is 3.15. The fourth-order valence-electron chi connectivity index (χ4n) is 2.23. The Morgan fingerprint density at radius 2 is 1.82 bits per heavy atom. The van der Waals surface area contributed by atoms with E-state index >= 15 is 0 Å². The van der Waals surface area contributed by atoms with Crippen LogP contribution in [0, 0.1) is 5.92 Å². The SMILES string of the molecule is O=C(NC1C=Cc2ccccc21)C1C=CC=C1. The minimum atomic E-state index is -0.115. The van der Waals surface area contributed by atoms with Gasteiger partial charge in [-0.2, -0.15) is 0 Å². The maximum atomic E-state index is 12.0. The predicted molar refractivity (Wildman–Crippen MR) is 68.1 cm³/mol. The normalized spacial score (nSPS) is 20.8. The fraction of sp³-hybridized carbons (Fsp3) is 0.133. The van der Waals surface area contributed by atoms with E-state index in [1.54, 1.807) is 0 Å². The van der Waals surface area contributed by atoms with Crippen LogP contribution in [0.4, 0.5) is 0 Å². The van der Waals surface area contributed by atoms with E-state index in [4.69, 9.17) is 0 Å². The second-order valence-corrected chi connectivity index (χ2v) is 4.27. The van der Waals surface area contributed by atoms with Gasteiger partial charge in [-0.05, 0) is 11.1 Å². The smallest absolute Gasteiger partial charge is 0.231 e. The van der Waals surface area contributed by atoms with Gasteiger partial charge in [-0.1, -0.05) is 60.7 Å². The Morgan fingerprint density at radius 3 is 2.65 bits per heavy atom. The number of carbonyl (C=O) groups is 1. The van der Waals surface area contributed by atoms with Crippen LogP contribution in [0.25, 0.3) is 6.08 Å². The number of rotatable bonds is 2. The molecule has 2 aliphatic carbocycles. The summed E-state index contributed by atoms with van der Waals surface area (Å²) in [6.07, 6.45) is 11.7. The Morgan fingerprint density at radius 1 is 1.06 bits per heavy atom. The first kappa shape index (κ1) is 10.1. The van der Waals surface area contributed by atoms with Gasteiger partial charge in [-0.15, -0.1) is 0 Å². The van der Waals surface area contributed by atoms with E-state index in [1.807, 2.05) is 42.5 Å². The topological polar surface area (TPSA) is 29.1 Å². The van der Waals surface area contributed by atoms with Crippen LogP contribution in [0.5, 0.6) is 0 Å². The van der Waals surface area contributed by atoms with Crippen molar-refractivity contribution in [2.24, 2.45) is 5.92 Å². The van der Waals surface area contributed by atoms with Crippen LogP contribution in [-0.4, -0.2) is 5.91 Å². The van der Waals surface area contributed by atoms with Gasteiger partial charge < -0.3 is 5.32 Å². The van der Waals surface area contributed by atoms with Gasteiger partial charge in [0.2, 0.25) is 5.91 Å². The summed E-state index contributed by atoms with van der Waals surface area (Å²) in [5.41, 5.74) is 2.36. The van der Waals surface area contributed by atoms with Crippen molar-refractivity contribution in [2.75, 3.05) is 0 Å². The second kappa shape index (κ2) is 4.06. The maximum absolute atomic E-state index is 12.0. The largest absolute Gasteiger partial charge is 0.345 e. The molecule has 17 heavy (non-hydrogen) atoms. The number of hydrogen-bond acceptors (Lipinski definition) is 1. The first-order valence-corrected chi connectivity index (χ1v) is 5.77. The van der Waals surface area contributed by atoms with Crippen LogP contribution in [0.2, 0.25) is 0 Å². The number of allylic oxidation sites excluding steroid dienone is 2. The van der Waals surface area contributed by atoms with Crippen LogP contribution in [0.3, 0.4) is 0 Å². The van der Waals surface area contributed by atoms with E-state index in [9.17, 15) is 4.79 Å². The molecular formula is C15H13NO. The number of nitrogens with one attached hydrogen (secondary N) is 1. The molecule has 0 heterocycles. The molecule has 1 unspecified atom stereocenters. The van der Waals surface area contributed by atoms with Crippen molar-refractivity contribution in [3.05, 3.63) is 65.8 Å². The highest BCUT2D eigenvalue weighted by Crippen LogP contribution is 2.28. The molecular weight excluding hydrogens is 210 g/mol. The molecule has 0 radical (unpaired) electrons. The van der Waals surface area contributed by atoms with Crippen LogP contribution >= 0.6 is 0 Å². The molecule has 0 aromatic heterocycles. The van der Waals surface area contributed by atoms with Crippen molar-refractivity contribution in [2.45, 2.75) is 6.04 Å². The third kappa shape index (κ3) is 1.82. The van der Waals surface area contributed by atoms with Crippen molar-refractivity contribution in [3.63, 3.8) is 0 Å². The highest BCUT2D eigenvalue weighted by Gasteiger charge is 2.21. The molecule has 2 nitrogen and oxygen atoms in total. The summed E-state index contributed by atoms with van der Waals surface area (Å²) in [6.45, 7) is 0. The van der Waals surface area contributed by atoms with E-state index in [0.29, 0.717) is 0 Å². The minimum Gasteiger partial charge on any atom is -0.345 e. The van der Waals surface area contributed by atoms with Gasteiger partial charge in [0.25, 0.3) is 0 Å². The Kier molecular flexibility index (Phi) is 2.41. The van der Waals surface area contributed by atoms with Crippen molar-refractivity contribution in [1.29, 1.82) is 0 Å². The van der Waals surface area contributed by atoms with Gasteiger partial charge in [0, 0.05) is 0 Å². The van der Waals surface area contributed by atoms with Gasteiger partial charge in [-0.3, -0.25) is 4.79 Å². The van der Waals surface area contributed by atoms with Crippen molar-refractivity contribution < 1.29 is 4.79 Å². The van der Waals surface area contributed by atoms with Crippen molar-refractivity contribution in [3.8, 4) is 0 Å². The van der Waals surface area contributed by atoms with Crippen molar-refractivity contribution in [1.82, 2.24) is 5.32 Å². The lowest BCUT2D eigenvalue weighted by Crippen LogP contribution is -2.30. The van der Waals surface area contributed by atoms with Crippen molar-refractivity contribution >= 4 is 12.0 Å². The van der Waals surface area contributed by atoms with Crippen LogP contribution < -0.4 is 5.32 Å². The number of hydrogen-bond donors (Lipinski definition) is 1. The molecule has 0 aliphatic heterocycles. The van der Waals surface area contributed by atoms with Crippen LogP contribution in [0.15, 0.2) is 54.6 Å². The summed E-state index contributed by atoms with van der Waals surface area (Å²) >= 11 is 0. The van der Waals surface area contributed by atoms with E-state index in [0.717, 1.165) is 0 Å². The predicted octanol–water partition coefficient (Wildman–Crippen LogP) is 2.61. The van der Waals surface area contributed by atoms with Gasteiger partial charge in [0.1, 0.15) is 0 Å². The average molecular weight is 223 g/mol. The number of amides is 1. The van der Waals surface area contributed by atoms with Gasteiger partial charge >= 0.3 is 0 Å². The van der Waals surface area contributed by atoms with Gasteiger partial charge in [0.15, 0.2) is 0 Å². The average Bonchev–Trinajstić information content (AvgIpc) is 2.98. The standard InChI is InChI=1S/C15H13NO/c17-15(12-6-1-2-7-12)16-14-10-9-11-5-3-4-8-13(11)14/h1-10,12,14H,(H,16,17). The summed E-state index contributed by atoms with van der Waals surface area (Å²) < 4.78 is 0. The van der Waals surface area contributed by atoms with E-state index in [-0.39, 0.29) is 17.9 Å². The monoisotopic (exact) mass is 223 g/mol. The molecule has 0 fully saturated rings. The van der Waals surface area contributed by atoms with E-state index in [1.165, 1.54) is 11.1 Å². The number of fused-ring (bicyclic) bond motifs is 1. The zero-order valence-corrected chi connectivity index (χ0v) is 9.34. The molecule has 84 valence electrons. The lowest BCUT2D eigenvalue weighted by Gasteiger charge is -2.15. The molecule has 1 aromatic carbocycles. The second-order valence-electron chi connectivity index (χ2n) is 4.27. The molecule has 3 rings (SSSR count). The third-order valence-corrected chi connectivity index (χ3v) is 3.15. The molecule has 2 heteroatoms. The molecule has 0 saturated heterocycles. The Balaban J connectivity index is 1.75. The van der Waals surface area contributed by atoms with E-state index < -0.39 is 0 Å². The summed E-state index contributed by atoms with van der Waals surface area (Å²) in [7, 11) is 0. The molecule has 0 saturated carbocycles. The number of carbonyl (C=O) groups excluding carboxylic acids is 1. The maximum Gasteiger partial charge on any atom is 0.231 e. The lowest BCUT2D eigenvalue weighted by atomic mass is 10.1. The zero-order chi connectivity index (χ0) is 11.7. The fourth-order valence-corrected chi connectivity index (χ4v) is 2.23. The Labute approximate surface area is 100 Å². The van der Waals surface area contributed by atoms with E-state index in [2.05, 4.69) is 23.5 Å². The molecule has 2 aliphatic rings. The molecule has 1 atom stereocenters.